The summed E-state index contributed by atoms with van der Waals surface area (Å²) in [4.78, 5) is 40.7. The van der Waals surface area contributed by atoms with E-state index >= 15 is 0 Å². The van der Waals surface area contributed by atoms with Crippen molar-refractivity contribution in [3.8, 4) is 11.5 Å². The second-order valence-corrected chi connectivity index (χ2v) is 7.46. The number of fused-ring (bicyclic) bond motifs is 1. The molecule has 3 aliphatic heterocycles. The molecular weight excluding hydrogens is 378 g/mol. The van der Waals surface area contributed by atoms with E-state index in [1.165, 1.54) is 6.92 Å². The highest BCUT2D eigenvalue weighted by molar-refractivity contribution is 6.05. The predicted octanol–water partition coefficient (Wildman–Crippen LogP) is 0.880. The van der Waals surface area contributed by atoms with E-state index in [2.05, 4.69) is 5.32 Å². The van der Waals surface area contributed by atoms with E-state index in [4.69, 9.17) is 14.2 Å². The van der Waals surface area contributed by atoms with Gasteiger partial charge in [-0.15, -0.1) is 0 Å². The summed E-state index contributed by atoms with van der Waals surface area (Å²) in [6.07, 6.45) is 1.41. The van der Waals surface area contributed by atoms with Gasteiger partial charge in [-0.05, 0) is 25.8 Å². The van der Waals surface area contributed by atoms with Crippen molar-refractivity contribution in [2.75, 3.05) is 51.4 Å². The Morgan fingerprint density at radius 3 is 2.48 bits per heavy atom. The van der Waals surface area contributed by atoms with Gasteiger partial charge in [0.15, 0.2) is 17.3 Å². The lowest BCUT2D eigenvalue weighted by molar-refractivity contribution is -0.142. The first-order valence-electron chi connectivity index (χ1n) is 9.88. The highest BCUT2D eigenvalue weighted by Gasteiger charge is 2.30. The Hall–Kier alpha value is -2.65. The number of Topliss-reactive ketones (excluding diaryl/α,β-unsaturated/α-hetero) is 1. The Balaban J connectivity index is 1.32. The number of carbonyl (C=O) groups excluding carboxylic acids is 3. The summed E-state index contributed by atoms with van der Waals surface area (Å²) in [6.45, 7) is 4.77. The third kappa shape index (κ3) is 4.35. The van der Waals surface area contributed by atoms with Crippen LogP contribution in [0.2, 0.25) is 0 Å². The number of amides is 2. The van der Waals surface area contributed by atoms with E-state index in [1.54, 1.807) is 12.1 Å². The lowest BCUT2D eigenvalue weighted by atomic mass is 10.1. The van der Waals surface area contributed by atoms with Gasteiger partial charge in [0, 0.05) is 44.4 Å². The fourth-order valence-electron chi connectivity index (χ4n) is 3.83. The van der Waals surface area contributed by atoms with Crippen molar-refractivity contribution in [3.05, 3.63) is 17.7 Å². The SMILES string of the molecule is CC(=O)c1cc2c(cc1NC(=O)CN1CCN(C(=O)[C@@H]3CCCO3)CC1)OCO2. The second-order valence-electron chi connectivity index (χ2n) is 7.46. The number of benzene rings is 1. The molecule has 3 aliphatic rings. The number of ketones is 1. The summed E-state index contributed by atoms with van der Waals surface area (Å²) in [5, 5.41) is 2.81. The van der Waals surface area contributed by atoms with Gasteiger partial charge in [0.25, 0.3) is 5.91 Å². The van der Waals surface area contributed by atoms with Gasteiger partial charge in [0.05, 0.1) is 12.2 Å². The minimum atomic E-state index is -0.305. The molecule has 0 spiro atoms. The molecule has 2 fully saturated rings. The van der Waals surface area contributed by atoms with E-state index < -0.39 is 0 Å². The van der Waals surface area contributed by atoms with E-state index in [1.807, 2.05) is 9.80 Å². The third-order valence-electron chi connectivity index (χ3n) is 5.42. The maximum atomic E-state index is 12.5. The monoisotopic (exact) mass is 403 g/mol. The second kappa shape index (κ2) is 8.38. The number of piperazine rings is 1. The first-order chi connectivity index (χ1) is 14.0. The summed E-state index contributed by atoms with van der Waals surface area (Å²) in [7, 11) is 0. The summed E-state index contributed by atoms with van der Waals surface area (Å²) in [5.74, 6) is 0.676. The number of carbonyl (C=O) groups is 3. The molecule has 2 amide bonds. The van der Waals surface area contributed by atoms with Crippen LogP contribution in [-0.2, 0) is 14.3 Å². The van der Waals surface area contributed by atoms with Crippen molar-refractivity contribution >= 4 is 23.3 Å². The Labute approximate surface area is 168 Å². The van der Waals surface area contributed by atoms with Crippen LogP contribution in [0.1, 0.15) is 30.1 Å². The average molecular weight is 403 g/mol. The zero-order valence-corrected chi connectivity index (χ0v) is 16.4. The number of ether oxygens (including phenoxy) is 3. The van der Waals surface area contributed by atoms with Gasteiger partial charge in [-0.2, -0.15) is 0 Å². The Morgan fingerprint density at radius 2 is 1.83 bits per heavy atom. The molecule has 29 heavy (non-hydrogen) atoms. The molecule has 156 valence electrons. The molecule has 0 unspecified atom stereocenters. The molecule has 0 bridgehead atoms. The highest BCUT2D eigenvalue weighted by Crippen LogP contribution is 2.37. The number of hydrogen-bond acceptors (Lipinski definition) is 7. The topological polar surface area (TPSA) is 97.4 Å². The molecule has 0 saturated carbocycles. The van der Waals surface area contributed by atoms with Crippen molar-refractivity contribution in [2.24, 2.45) is 0 Å². The molecule has 1 N–H and O–H groups in total. The Kier molecular flexibility index (Phi) is 5.68. The molecule has 0 radical (unpaired) electrons. The highest BCUT2D eigenvalue weighted by atomic mass is 16.7. The molecule has 1 aromatic rings. The first kappa shape index (κ1) is 19.7. The van der Waals surface area contributed by atoms with Gasteiger partial charge in [-0.1, -0.05) is 0 Å². The van der Waals surface area contributed by atoms with Crippen molar-refractivity contribution < 1.29 is 28.6 Å². The average Bonchev–Trinajstić information content (AvgIpc) is 3.39. The summed E-state index contributed by atoms with van der Waals surface area (Å²) in [6, 6.07) is 3.21. The van der Waals surface area contributed by atoms with E-state index in [-0.39, 0.29) is 37.0 Å². The normalized spacial score (nSPS) is 21.3. The van der Waals surface area contributed by atoms with Crippen LogP contribution in [0, 0.1) is 0 Å². The molecular formula is C20H25N3O6. The molecule has 3 heterocycles. The molecule has 9 heteroatoms. The van der Waals surface area contributed by atoms with Crippen LogP contribution in [0.5, 0.6) is 11.5 Å². The summed E-state index contributed by atoms with van der Waals surface area (Å²) in [5.41, 5.74) is 0.800. The number of nitrogens with zero attached hydrogens (tertiary/aromatic N) is 2. The number of rotatable bonds is 5. The molecule has 0 aromatic heterocycles. The van der Waals surface area contributed by atoms with Crippen LogP contribution in [0.4, 0.5) is 5.69 Å². The first-order valence-corrected chi connectivity index (χ1v) is 9.88. The van der Waals surface area contributed by atoms with Crippen LogP contribution in [-0.4, -0.2) is 79.6 Å². The molecule has 9 nitrogen and oxygen atoms in total. The van der Waals surface area contributed by atoms with Crippen LogP contribution >= 0.6 is 0 Å². The quantitative estimate of drug-likeness (QED) is 0.729. The smallest absolute Gasteiger partial charge is 0.251 e. The molecule has 4 rings (SSSR count). The lowest BCUT2D eigenvalue weighted by Gasteiger charge is -2.35. The maximum Gasteiger partial charge on any atom is 0.251 e. The van der Waals surface area contributed by atoms with Gasteiger partial charge >= 0.3 is 0 Å². The van der Waals surface area contributed by atoms with Crippen molar-refractivity contribution in [3.63, 3.8) is 0 Å². The van der Waals surface area contributed by atoms with E-state index in [0.717, 1.165) is 12.8 Å². The van der Waals surface area contributed by atoms with Crippen LogP contribution in [0.25, 0.3) is 0 Å². The molecule has 0 aliphatic carbocycles. The standard InChI is InChI=1S/C20H25N3O6/c1-13(24)14-9-17-18(29-12-28-17)10-15(14)21-19(25)11-22-4-6-23(7-5-22)20(26)16-3-2-8-27-16/h9-10,16H,2-8,11-12H2,1H3,(H,21,25)/t16-/m0/s1. The minimum absolute atomic E-state index is 0.0538. The zero-order valence-electron chi connectivity index (χ0n) is 16.4. The van der Waals surface area contributed by atoms with Gasteiger partial charge in [0.1, 0.15) is 6.10 Å². The lowest BCUT2D eigenvalue weighted by Crippen LogP contribution is -2.52. The molecule has 2 saturated heterocycles. The van der Waals surface area contributed by atoms with E-state index in [0.29, 0.717) is 55.5 Å². The summed E-state index contributed by atoms with van der Waals surface area (Å²) >= 11 is 0. The van der Waals surface area contributed by atoms with Crippen molar-refractivity contribution in [1.29, 1.82) is 0 Å². The molecule has 1 atom stereocenters. The van der Waals surface area contributed by atoms with Crippen LogP contribution in [0.3, 0.4) is 0 Å². The van der Waals surface area contributed by atoms with Gasteiger partial charge in [-0.25, -0.2) is 0 Å². The number of hydrogen-bond donors (Lipinski definition) is 1. The zero-order chi connectivity index (χ0) is 20.4. The minimum Gasteiger partial charge on any atom is -0.454 e. The molecule has 1 aromatic carbocycles. The largest absolute Gasteiger partial charge is 0.454 e. The Morgan fingerprint density at radius 1 is 1.10 bits per heavy atom. The third-order valence-corrected chi connectivity index (χ3v) is 5.42. The van der Waals surface area contributed by atoms with Crippen LogP contribution < -0.4 is 14.8 Å². The van der Waals surface area contributed by atoms with Crippen LogP contribution in [0.15, 0.2) is 12.1 Å². The summed E-state index contributed by atoms with van der Waals surface area (Å²) < 4.78 is 16.1. The Bertz CT molecular complexity index is 813. The fourth-order valence-corrected chi connectivity index (χ4v) is 3.83. The maximum absolute atomic E-state index is 12.5. The van der Waals surface area contributed by atoms with Gasteiger partial charge in [0.2, 0.25) is 12.7 Å². The number of anilines is 1. The van der Waals surface area contributed by atoms with Gasteiger partial charge in [-0.3, -0.25) is 19.3 Å². The fraction of sp³-hybridized carbons (Fsp3) is 0.550. The van der Waals surface area contributed by atoms with E-state index in [9.17, 15) is 14.4 Å². The predicted molar refractivity (Wildman–Crippen MR) is 103 cm³/mol. The van der Waals surface area contributed by atoms with Crippen molar-refractivity contribution in [2.45, 2.75) is 25.9 Å². The number of nitrogens with one attached hydrogen (secondary N) is 1. The van der Waals surface area contributed by atoms with Gasteiger partial charge < -0.3 is 24.4 Å². The van der Waals surface area contributed by atoms with Crippen molar-refractivity contribution in [1.82, 2.24) is 9.80 Å².